The molecule has 3 aromatic heterocycles. The number of halogens is 1. The van der Waals surface area contributed by atoms with E-state index in [1.54, 1.807) is 23.9 Å². The summed E-state index contributed by atoms with van der Waals surface area (Å²) in [5.41, 5.74) is 3.15. The van der Waals surface area contributed by atoms with Crippen molar-refractivity contribution in [1.82, 2.24) is 29.2 Å². The van der Waals surface area contributed by atoms with Crippen molar-refractivity contribution < 1.29 is 13.9 Å². The largest absolute Gasteiger partial charge is 0.379 e. The molecule has 0 bridgehead atoms. The van der Waals surface area contributed by atoms with Crippen LogP contribution in [0.3, 0.4) is 0 Å². The summed E-state index contributed by atoms with van der Waals surface area (Å²) in [5.74, 6) is -0.420. The lowest BCUT2D eigenvalue weighted by atomic mass is 10.0. The Balaban J connectivity index is 1.40. The van der Waals surface area contributed by atoms with E-state index in [9.17, 15) is 4.79 Å². The molecule has 0 amide bonds. The van der Waals surface area contributed by atoms with Crippen LogP contribution in [0.15, 0.2) is 35.3 Å². The first-order valence-corrected chi connectivity index (χ1v) is 11.8. The fraction of sp³-hybridized carbons (Fsp3) is 0.440. The summed E-state index contributed by atoms with van der Waals surface area (Å²) in [6.07, 6.45) is 1.65. The number of ether oxygens (including phenoxy) is 2. The fourth-order valence-electron chi connectivity index (χ4n) is 4.48. The van der Waals surface area contributed by atoms with E-state index in [-0.39, 0.29) is 11.7 Å². The number of hydrogen-bond acceptors (Lipinski definition) is 7. The van der Waals surface area contributed by atoms with E-state index in [1.165, 1.54) is 10.6 Å². The normalized spacial score (nSPS) is 15.0. The van der Waals surface area contributed by atoms with Gasteiger partial charge in [0.05, 0.1) is 37.6 Å². The molecular weight excluding hydrogens is 451 g/mol. The van der Waals surface area contributed by atoms with Crippen molar-refractivity contribution in [3.8, 4) is 11.1 Å². The number of rotatable bonds is 7. The lowest BCUT2D eigenvalue weighted by Crippen LogP contribution is -2.38. The van der Waals surface area contributed by atoms with Crippen LogP contribution in [0.4, 0.5) is 4.39 Å². The van der Waals surface area contributed by atoms with Crippen LogP contribution in [0.25, 0.3) is 33.2 Å². The summed E-state index contributed by atoms with van der Waals surface area (Å²) >= 11 is 0. The molecule has 10 heteroatoms. The van der Waals surface area contributed by atoms with E-state index in [0.29, 0.717) is 46.4 Å². The van der Waals surface area contributed by atoms with Gasteiger partial charge in [-0.25, -0.2) is 9.18 Å². The number of fused-ring (bicyclic) bond motifs is 3. The fourth-order valence-corrected chi connectivity index (χ4v) is 4.48. The Morgan fingerprint density at radius 1 is 1.17 bits per heavy atom. The first-order valence-electron chi connectivity index (χ1n) is 11.8. The van der Waals surface area contributed by atoms with Crippen molar-refractivity contribution in [1.29, 1.82) is 0 Å². The molecular formula is C25H29FN6O3. The summed E-state index contributed by atoms with van der Waals surface area (Å²) in [6.45, 7) is 9.15. The van der Waals surface area contributed by atoms with Crippen LogP contribution in [0.1, 0.15) is 25.6 Å². The molecule has 0 saturated carbocycles. The number of morpholine rings is 1. The molecule has 1 saturated heterocycles. The van der Waals surface area contributed by atoms with Gasteiger partial charge in [0.1, 0.15) is 11.3 Å². The lowest BCUT2D eigenvalue weighted by molar-refractivity contribution is 0.0177. The highest BCUT2D eigenvalue weighted by molar-refractivity contribution is 6.02. The van der Waals surface area contributed by atoms with Crippen molar-refractivity contribution in [2.45, 2.75) is 26.5 Å². The number of pyridine rings is 1. The molecule has 184 valence electrons. The average Bonchev–Trinajstić information content (AvgIpc) is 3.13. The summed E-state index contributed by atoms with van der Waals surface area (Å²) in [5, 5.41) is 9.02. The van der Waals surface area contributed by atoms with Gasteiger partial charge in [0.15, 0.2) is 5.65 Å². The molecule has 1 aliphatic heterocycles. The maximum absolute atomic E-state index is 15.1. The van der Waals surface area contributed by atoms with Crippen LogP contribution in [0, 0.1) is 5.82 Å². The van der Waals surface area contributed by atoms with Crippen LogP contribution < -0.4 is 5.69 Å². The van der Waals surface area contributed by atoms with Crippen LogP contribution in [-0.2, 0) is 23.1 Å². The first-order chi connectivity index (χ1) is 16.9. The van der Waals surface area contributed by atoms with Gasteiger partial charge in [0.25, 0.3) is 0 Å². The average molecular weight is 481 g/mol. The number of aromatic nitrogens is 5. The van der Waals surface area contributed by atoms with Crippen LogP contribution >= 0.6 is 0 Å². The van der Waals surface area contributed by atoms with Crippen LogP contribution in [-0.4, -0.2) is 68.7 Å². The van der Waals surface area contributed by atoms with E-state index in [0.717, 1.165) is 38.5 Å². The molecule has 4 heterocycles. The summed E-state index contributed by atoms with van der Waals surface area (Å²) in [4.78, 5) is 19.6. The second-order valence-corrected chi connectivity index (χ2v) is 9.07. The number of hydrogen-bond donors (Lipinski definition) is 0. The second kappa shape index (κ2) is 9.80. The molecule has 0 radical (unpaired) electrons. The zero-order valence-electron chi connectivity index (χ0n) is 20.2. The third-order valence-electron chi connectivity index (χ3n) is 6.41. The van der Waals surface area contributed by atoms with E-state index in [4.69, 9.17) is 9.47 Å². The maximum atomic E-state index is 15.1. The zero-order valence-corrected chi connectivity index (χ0v) is 20.2. The summed E-state index contributed by atoms with van der Waals surface area (Å²) < 4.78 is 29.3. The van der Waals surface area contributed by atoms with Gasteiger partial charge in [-0.3, -0.25) is 19.0 Å². The van der Waals surface area contributed by atoms with E-state index in [1.807, 2.05) is 26.0 Å². The molecule has 1 fully saturated rings. The molecule has 4 aromatic rings. The Bertz CT molecular complexity index is 1410. The van der Waals surface area contributed by atoms with Crippen molar-refractivity contribution in [3.05, 3.63) is 52.5 Å². The molecule has 0 atom stereocenters. The smallest absolute Gasteiger partial charge is 0.330 e. The van der Waals surface area contributed by atoms with Gasteiger partial charge in [-0.15, -0.1) is 10.2 Å². The van der Waals surface area contributed by atoms with Gasteiger partial charge in [-0.1, -0.05) is 6.07 Å². The monoisotopic (exact) mass is 480 g/mol. The van der Waals surface area contributed by atoms with Crippen LogP contribution in [0.2, 0.25) is 0 Å². The molecule has 5 rings (SSSR count). The van der Waals surface area contributed by atoms with Crippen molar-refractivity contribution >= 4 is 22.1 Å². The van der Waals surface area contributed by atoms with Gasteiger partial charge in [0.2, 0.25) is 0 Å². The quantitative estimate of drug-likeness (QED) is 0.376. The highest BCUT2D eigenvalue weighted by atomic mass is 19.1. The van der Waals surface area contributed by atoms with E-state index in [2.05, 4.69) is 20.1 Å². The number of nitrogens with zero attached hydrogens (tertiary/aromatic N) is 6. The first kappa shape index (κ1) is 23.5. The van der Waals surface area contributed by atoms with Gasteiger partial charge < -0.3 is 9.47 Å². The minimum absolute atomic E-state index is 0.0868. The van der Waals surface area contributed by atoms with E-state index >= 15 is 4.39 Å². The molecule has 0 N–H and O–H groups in total. The summed E-state index contributed by atoms with van der Waals surface area (Å²) in [6, 6.07) is 6.69. The highest BCUT2D eigenvalue weighted by Crippen LogP contribution is 2.30. The Labute approximate surface area is 202 Å². The SMILES string of the molecule is CC(C)n1c(=O)n(C)c2nnc3cc(F)c(-c4ccc(COCCN5CCOCC5)nc4)cc3c21. The second-order valence-electron chi connectivity index (χ2n) is 9.07. The maximum Gasteiger partial charge on any atom is 0.330 e. The molecule has 1 aromatic carbocycles. The highest BCUT2D eigenvalue weighted by Gasteiger charge is 2.20. The van der Waals surface area contributed by atoms with E-state index < -0.39 is 5.82 Å². The van der Waals surface area contributed by atoms with Crippen molar-refractivity contribution in [3.63, 3.8) is 0 Å². The predicted octanol–water partition coefficient (Wildman–Crippen LogP) is 2.91. The number of aryl methyl sites for hydroxylation is 1. The van der Waals surface area contributed by atoms with Gasteiger partial charge >= 0.3 is 5.69 Å². The van der Waals surface area contributed by atoms with Crippen molar-refractivity contribution in [2.24, 2.45) is 7.05 Å². The Morgan fingerprint density at radius 2 is 1.97 bits per heavy atom. The van der Waals surface area contributed by atoms with Crippen molar-refractivity contribution in [2.75, 3.05) is 39.5 Å². The molecule has 0 aliphatic carbocycles. The third kappa shape index (κ3) is 4.56. The standard InChI is InChI=1S/C25H29FN6O3/c1-16(2)32-23-20-12-19(21(26)13-22(20)28-29-24(23)30(3)25(32)33)17-4-5-18(27-14-17)15-35-11-8-31-6-9-34-10-7-31/h4-5,12-14,16H,6-11,15H2,1-3H3. The van der Waals surface area contributed by atoms with Gasteiger partial charge in [-0.05, 0) is 26.0 Å². The number of imidazole rings is 1. The van der Waals surface area contributed by atoms with Gasteiger partial charge in [-0.2, -0.15) is 0 Å². The molecule has 9 nitrogen and oxygen atoms in total. The Morgan fingerprint density at radius 3 is 2.69 bits per heavy atom. The third-order valence-corrected chi connectivity index (χ3v) is 6.41. The predicted molar refractivity (Wildman–Crippen MR) is 131 cm³/mol. The lowest BCUT2D eigenvalue weighted by Gasteiger charge is -2.26. The minimum Gasteiger partial charge on any atom is -0.379 e. The topological polar surface area (TPSA) is 87.3 Å². The van der Waals surface area contributed by atoms with Crippen LogP contribution in [0.5, 0.6) is 0 Å². The molecule has 1 aliphatic rings. The Hall–Kier alpha value is -3.21. The summed E-state index contributed by atoms with van der Waals surface area (Å²) in [7, 11) is 1.67. The molecule has 0 unspecified atom stereocenters. The zero-order chi connectivity index (χ0) is 24.5. The van der Waals surface area contributed by atoms with Gasteiger partial charge in [0, 0.05) is 61.5 Å². The Kier molecular flexibility index (Phi) is 6.59. The molecule has 35 heavy (non-hydrogen) atoms. The molecule has 0 spiro atoms. The number of benzene rings is 1. The minimum atomic E-state index is -0.420.